The third kappa shape index (κ3) is 2.61. The highest BCUT2D eigenvalue weighted by Crippen LogP contribution is 2.72. The van der Waals surface area contributed by atoms with E-state index in [1.54, 1.807) is 18.4 Å². The Balaban J connectivity index is 1.43. The highest BCUT2D eigenvalue weighted by atomic mass is 32.1. The van der Waals surface area contributed by atoms with E-state index in [0.717, 1.165) is 22.8 Å². The van der Waals surface area contributed by atoms with Crippen molar-refractivity contribution in [1.29, 1.82) is 0 Å². The lowest BCUT2D eigenvalue weighted by molar-refractivity contribution is 0.201. The Morgan fingerprint density at radius 2 is 2.12 bits per heavy atom. The van der Waals surface area contributed by atoms with Gasteiger partial charge in [0.25, 0.3) is 0 Å². The van der Waals surface area contributed by atoms with E-state index in [1.165, 1.54) is 16.0 Å². The largest absolute Gasteiger partial charge is 0.496 e. The van der Waals surface area contributed by atoms with Gasteiger partial charge >= 0.3 is 6.09 Å². The third-order valence-electron chi connectivity index (χ3n) is 5.78. The molecule has 0 aliphatic heterocycles. The van der Waals surface area contributed by atoms with Gasteiger partial charge in [-0.2, -0.15) is 0 Å². The Bertz CT molecular complexity index is 839. The first kappa shape index (κ1) is 16.5. The second-order valence-corrected chi connectivity index (χ2v) is 8.69. The third-order valence-corrected chi connectivity index (χ3v) is 6.82. The summed E-state index contributed by atoms with van der Waals surface area (Å²) in [7, 11) is 1.63. The molecule has 1 aromatic carbocycles. The van der Waals surface area contributed by atoms with E-state index in [4.69, 9.17) is 9.47 Å². The molecule has 2 aliphatic carbocycles. The van der Waals surface area contributed by atoms with Gasteiger partial charge in [0.2, 0.25) is 0 Å². The number of nitrogens with one attached hydrogen (secondary N) is 1. The van der Waals surface area contributed by atoms with Crippen LogP contribution in [0.15, 0.2) is 24.3 Å². The quantitative estimate of drug-likeness (QED) is 0.866. The molecular formula is C20H23NO3S. The number of ether oxygens (including phenoxy) is 2. The summed E-state index contributed by atoms with van der Waals surface area (Å²) < 4.78 is 10.9. The lowest BCUT2D eigenvalue weighted by atomic mass is 9.96. The molecule has 25 heavy (non-hydrogen) atoms. The minimum Gasteiger partial charge on any atom is -0.496 e. The van der Waals surface area contributed by atoms with Crippen molar-refractivity contribution in [2.45, 2.75) is 39.7 Å². The van der Waals surface area contributed by atoms with Gasteiger partial charge in [-0.25, -0.2) is 4.79 Å². The van der Waals surface area contributed by atoms with E-state index in [0.29, 0.717) is 23.8 Å². The fourth-order valence-electron chi connectivity index (χ4n) is 4.32. The summed E-state index contributed by atoms with van der Waals surface area (Å²) in [6.45, 7) is 7.19. The molecule has 0 saturated heterocycles. The van der Waals surface area contributed by atoms with Crippen molar-refractivity contribution in [1.82, 2.24) is 5.32 Å². The molecule has 5 heteroatoms. The molecule has 2 aliphatic rings. The Morgan fingerprint density at radius 3 is 2.88 bits per heavy atom. The van der Waals surface area contributed by atoms with Crippen LogP contribution < -0.4 is 14.8 Å². The number of carbonyl (C=O) groups is 1. The number of hydrogen-bond acceptors (Lipinski definition) is 4. The molecule has 2 atom stereocenters. The van der Waals surface area contributed by atoms with Crippen LogP contribution in [-0.4, -0.2) is 13.2 Å². The fourth-order valence-corrected chi connectivity index (χ4v) is 5.39. The number of amides is 1. The van der Waals surface area contributed by atoms with Crippen LogP contribution in [0.5, 0.6) is 10.8 Å². The van der Waals surface area contributed by atoms with Gasteiger partial charge in [-0.15, -0.1) is 11.3 Å². The van der Waals surface area contributed by atoms with Gasteiger partial charge in [-0.3, -0.25) is 0 Å². The first-order chi connectivity index (χ1) is 11.9. The standard InChI is InChI=1S/C20H23NO3S/c1-11-16-13(9-14-17(16)20(14,2)3)18(25-11)24-19(22)21-10-12-7-5-6-8-15(12)23-4/h5-8,14,17H,9-10H2,1-4H3,(H,21,22)/t14-,17-/m1/s1. The molecule has 0 spiro atoms. The average Bonchev–Trinajstić information content (AvgIpc) is 2.93. The van der Waals surface area contributed by atoms with Crippen molar-refractivity contribution in [2.75, 3.05) is 7.11 Å². The van der Waals surface area contributed by atoms with Crippen LogP contribution in [0.3, 0.4) is 0 Å². The van der Waals surface area contributed by atoms with Crippen LogP contribution in [0.25, 0.3) is 0 Å². The van der Waals surface area contributed by atoms with Crippen molar-refractivity contribution >= 4 is 17.4 Å². The fraction of sp³-hybridized carbons (Fsp3) is 0.450. The summed E-state index contributed by atoms with van der Waals surface area (Å²) in [5, 5.41) is 3.60. The Labute approximate surface area is 152 Å². The molecule has 1 N–H and O–H groups in total. The summed E-state index contributed by atoms with van der Waals surface area (Å²) in [4.78, 5) is 13.5. The SMILES string of the molecule is COc1ccccc1CNC(=O)Oc1sc(C)c2c1C[C@@H]1[C@H]2C1(C)C. The number of benzene rings is 1. The Morgan fingerprint density at radius 1 is 1.36 bits per heavy atom. The van der Waals surface area contributed by atoms with Crippen LogP contribution >= 0.6 is 11.3 Å². The monoisotopic (exact) mass is 357 g/mol. The molecule has 4 rings (SSSR count). The zero-order chi connectivity index (χ0) is 17.8. The summed E-state index contributed by atoms with van der Waals surface area (Å²) in [6.07, 6.45) is 0.627. The molecule has 0 unspecified atom stereocenters. The molecule has 132 valence electrons. The van der Waals surface area contributed by atoms with E-state index >= 15 is 0 Å². The Hall–Kier alpha value is -2.01. The molecule has 1 heterocycles. The second kappa shape index (κ2) is 5.77. The molecule has 0 bridgehead atoms. The molecule has 1 saturated carbocycles. The minimum atomic E-state index is -0.408. The van der Waals surface area contributed by atoms with Crippen LogP contribution in [0.1, 0.15) is 41.3 Å². The van der Waals surface area contributed by atoms with E-state index in [9.17, 15) is 4.79 Å². The molecule has 1 amide bonds. The Kier molecular flexibility index (Phi) is 3.80. The zero-order valence-corrected chi connectivity index (χ0v) is 15.8. The second-order valence-electron chi connectivity index (χ2n) is 7.50. The normalized spacial score (nSPS) is 22.1. The predicted octanol–water partition coefficient (Wildman–Crippen LogP) is 4.65. The molecular weight excluding hydrogens is 334 g/mol. The van der Waals surface area contributed by atoms with Crippen molar-refractivity contribution in [3.05, 3.63) is 45.8 Å². The van der Waals surface area contributed by atoms with Crippen molar-refractivity contribution in [3.63, 3.8) is 0 Å². The van der Waals surface area contributed by atoms with Gasteiger partial charge in [0.1, 0.15) is 5.75 Å². The van der Waals surface area contributed by atoms with Gasteiger partial charge in [0.15, 0.2) is 5.06 Å². The lowest BCUT2D eigenvalue weighted by Gasteiger charge is -2.11. The zero-order valence-electron chi connectivity index (χ0n) is 15.0. The number of aryl methyl sites for hydroxylation is 1. The van der Waals surface area contributed by atoms with Gasteiger partial charge in [-0.05, 0) is 42.2 Å². The van der Waals surface area contributed by atoms with E-state index in [2.05, 4.69) is 26.1 Å². The average molecular weight is 357 g/mol. The van der Waals surface area contributed by atoms with Crippen LogP contribution in [0.4, 0.5) is 4.79 Å². The predicted molar refractivity (Wildman–Crippen MR) is 98.6 cm³/mol. The van der Waals surface area contributed by atoms with Gasteiger partial charge in [-0.1, -0.05) is 32.0 Å². The van der Waals surface area contributed by atoms with E-state index < -0.39 is 6.09 Å². The van der Waals surface area contributed by atoms with Crippen LogP contribution in [-0.2, 0) is 13.0 Å². The molecule has 0 radical (unpaired) electrons. The van der Waals surface area contributed by atoms with Gasteiger partial charge < -0.3 is 14.8 Å². The summed E-state index contributed by atoms with van der Waals surface area (Å²) in [6, 6.07) is 7.65. The van der Waals surface area contributed by atoms with E-state index in [-0.39, 0.29) is 0 Å². The van der Waals surface area contributed by atoms with Crippen molar-refractivity contribution in [2.24, 2.45) is 11.3 Å². The maximum absolute atomic E-state index is 12.2. The summed E-state index contributed by atoms with van der Waals surface area (Å²) in [5.74, 6) is 2.12. The van der Waals surface area contributed by atoms with Crippen molar-refractivity contribution < 1.29 is 14.3 Å². The lowest BCUT2D eigenvalue weighted by Crippen LogP contribution is -2.26. The number of thiophene rings is 1. The first-order valence-electron chi connectivity index (χ1n) is 8.63. The molecule has 1 aromatic heterocycles. The summed E-state index contributed by atoms with van der Waals surface area (Å²) in [5.41, 5.74) is 4.02. The number of hydrogen-bond donors (Lipinski definition) is 1. The minimum absolute atomic E-state index is 0.383. The van der Waals surface area contributed by atoms with Gasteiger partial charge in [0, 0.05) is 22.5 Å². The van der Waals surface area contributed by atoms with Crippen molar-refractivity contribution in [3.8, 4) is 10.8 Å². The highest BCUT2D eigenvalue weighted by molar-refractivity contribution is 7.14. The number of methoxy groups -OCH3 is 1. The number of carbonyl (C=O) groups excluding carboxylic acids is 1. The maximum atomic E-state index is 12.2. The molecule has 1 fully saturated rings. The molecule has 2 aromatic rings. The maximum Gasteiger partial charge on any atom is 0.413 e. The van der Waals surface area contributed by atoms with E-state index in [1.807, 2.05) is 24.3 Å². The topological polar surface area (TPSA) is 47.6 Å². The van der Waals surface area contributed by atoms with Gasteiger partial charge in [0.05, 0.1) is 7.11 Å². The highest BCUT2D eigenvalue weighted by Gasteiger charge is 2.63. The summed E-state index contributed by atoms with van der Waals surface area (Å²) >= 11 is 1.60. The van der Waals surface area contributed by atoms with Crippen LogP contribution in [0, 0.1) is 18.3 Å². The number of para-hydroxylation sites is 1. The van der Waals surface area contributed by atoms with Crippen LogP contribution in [0.2, 0.25) is 0 Å². The molecule has 4 nitrogen and oxygen atoms in total. The smallest absolute Gasteiger partial charge is 0.413 e. The number of rotatable bonds is 4. The number of fused-ring (bicyclic) bond motifs is 3. The first-order valence-corrected chi connectivity index (χ1v) is 9.45.